The summed E-state index contributed by atoms with van der Waals surface area (Å²) in [6.07, 6.45) is 3.44. The second-order valence-electron chi connectivity index (χ2n) is 8.89. The van der Waals surface area contributed by atoms with E-state index >= 15 is 0 Å². The van der Waals surface area contributed by atoms with Gasteiger partial charge in [-0.15, -0.1) is 11.3 Å². The number of nitrogens with zero attached hydrogens (tertiary/aromatic N) is 1. The van der Waals surface area contributed by atoms with Gasteiger partial charge in [0.1, 0.15) is 11.9 Å². The van der Waals surface area contributed by atoms with Gasteiger partial charge in [0.25, 0.3) is 5.91 Å². The van der Waals surface area contributed by atoms with E-state index in [1.165, 1.54) is 11.3 Å². The van der Waals surface area contributed by atoms with E-state index < -0.39 is 0 Å². The summed E-state index contributed by atoms with van der Waals surface area (Å²) in [4.78, 5) is 29.1. The highest BCUT2D eigenvalue weighted by atomic mass is 32.1. The molecule has 0 bridgehead atoms. The Morgan fingerprint density at radius 2 is 1.83 bits per heavy atom. The number of hydrogen-bond donors (Lipinski definition) is 2. The number of rotatable bonds is 12. The molecular formula is C27H33N3O4S. The zero-order chi connectivity index (χ0) is 25.2. The predicted octanol–water partition coefficient (Wildman–Crippen LogP) is 5.58. The van der Waals surface area contributed by atoms with E-state index in [1.54, 1.807) is 19.4 Å². The number of ether oxygens (including phenoxy) is 2. The lowest BCUT2D eigenvalue weighted by Gasteiger charge is -2.16. The number of benzene rings is 2. The Morgan fingerprint density at radius 3 is 2.54 bits per heavy atom. The van der Waals surface area contributed by atoms with E-state index in [1.807, 2.05) is 62.5 Å². The molecule has 0 fully saturated rings. The Hall–Kier alpha value is -3.23. The molecule has 2 N–H and O–H groups in total. The van der Waals surface area contributed by atoms with Crippen LogP contribution in [-0.2, 0) is 22.4 Å². The van der Waals surface area contributed by atoms with E-state index in [4.69, 9.17) is 9.47 Å². The number of methoxy groups -OCH3 is 1. The van der Waals surface area contributed by atoms with Gasteiger partial charge < -0.3 is 14.8 Å². The number of nitrogens with one attached hydrogen (secondary N) is 2. The number of aryl methyl sites for hydroxylation is 2. The number of carbonyl (C=O) groups excluding carboxylic acids is 2. The number of aromatic nitrogens is 1. The van der Waals surface area contributed by atoms with Crippen molar-refractivity contribution >= 4 is 34.0 Å². The van der Waals surface area contributed by atoms with Crippen LogP contribution in [0.25, 0.3) is 0 Å². The minimum absolute atomic E-state index is 0.0167. The smallest absolute Gasteiger partial charge is 0.257 e. The van der Waals surface area contributed by atoms with Gasteiger partial charge >= 0.3 is 0 Å². The molecule has 2 amide bonds. The molecule has 0 aliphatic rings. The Balaban J connectivity index is 1.74. The van der Waals surface area contributed by atoms with Crippen LogP contribution in [0.3, 0.4) is 0 Å². The van der Waals surface area contributed by atoms with Crippen LogP contribution in [-0.4, -0.2) is 36.6 Å². The zero-order valence-electron chi connectivity index (χ0n) is 20.7. The molecule has 0 spiro atoms. The number of hydrogen-bond acceptors (Lipinski definition) is 6. The van der Waals surface area contributed by atoms with Gasteiger partial charge in [-0.3, -0.25) is 14.9 Å². The molecule has 3 rings (SSSR count). The summed E-state index contributed by atoms with van der Waals surface area (Å²) < 4.78 is 11.2. The molecule has 1 atom stereocenters. The summed E-state index contributed by atoms with van der Waals surface area (Å²) >= 11 is 1.37. The van der Waals surface area contributed by atoms with Gasteiger partial charge in [0.15, 0.2) is 5.13 Å². The molecule has 0 unspecified atom stereocenters. The maximum absolute atomic E-state index is 12.9. The monoisotopic (exact) mass is 495 g/mol. The van der Waals surface area contributed by atoms with Gasteiger partial charge in [-0.25, -0.2) is 4.98 Å². The third-order valence-electron chi connectivity index (χ3n) is 5.13. The molecule has 35 heavy (non-hydrogen) atoms. The summed E-state index contributed by atoms with van der Waals surface area (Å²) in [5, 5.41) is 8.16. The summed E-state index contributed by atoms with van der Waals surface area (Å²) in [6, 6.07) is 13.5. The van der Waals surface area contributed by atoms with Gasteiger partial charge in [-0.05, 0) is 67.1 Å². The number of thiazole rings is 1. The summed E-state index contributed by atoms with van der Waals surface area (Å²) in [5.41, 5.74) is 3.38. The first-order chi connectivity index (χ1) is 16.8. The van der Waals surface area contributed by atoms with Crippen molar-refractivity contribution < 1.29 is 19.1 Å². The molecule has 1 heterocycles. The lowest BCUT2D eigenvalue weighted by atomic mass is 10.0. The number of carbonyl (C=O) groups is 2. The van der Waals surface area contributed by atoms with Gasteiger partial charge in [0.05, 0.1) is 6.61 Å². The topological polar surface area (TPSA) is 89.5 Å². The average molecular weight is 496 g/mol. The summed E-state index contributed by atoms with van der Waals surface area (Å²) in [6.45, 7) is 6.41. The van der Waals surface area contributed by atoms with Gasteiger partial charge in [-0.2, -0.15) is 0 Å². The van der Waals surface area contributed by atoms with Crippen molar-refractivity contribution in [2.45, 2.75) is 46.1 Å². The van der Waals surface area contributed by atoms with Gasteiger partial charge in [0.2, 0.25) is 5.91 Å². The van der Waals surface area contributed by atoms with Crippen molar-refractivity contribution in [3.63, 3.8) is 0 Å². The predicted molar refractivity (Wildman–Crippen MR) is 140 cm³/mol. The highest BCUT2D eigenvalue weighted by Gasteiger charge is 2.13. The molecule has 7 nitrogen and oxygen atoms in total. The maximum Gasteiger partial charge on any atom is 0.257 e. The minimum Gasteiger partial charge on any atom is -0.488 e. The number of anilines is 2. The van der Waals surface area contributed by atoms with Crippen molar-refractivity contribution in [2.75, 3.05) is 24.4 Å². The Labute approximate surface area is 210 Å². The highest BCUT2D eigenvalue weighted by Crippen LogP contribution is 2.23. The molecule has 3 aromatic rings. The molecular weight excluding hydrogens is 462 g/mol. The molecule has 0 aliphatic heterocycles. The highest BCUT2D eigenvalue weighted by molar-refractivity contribution is 7.13. The SMILES string of the molecule is COC[C@H](C)Oc1cc(CCc2cccc(NC(=O)CC(C)C)c2)cc(C(=O)Nc2nccs2)c1. The molecule has 0 aliphatic carbocycles. The van der Waals surface area contributed by atoms with Crippen LogP contribution in [0.5, 0.6) is 5.75 Å². The lowest BCUT2D eigenvalue weighted by molar-refractivity contribution is -0.116. The van der Waals surface area contributed by atoms with E-state index in [9.17, 15) is 9.59 Å². The molecule has 1 aromatic heterocycles. The normalized spacial score (nSPS) is 11.8. The first-order valence-electron chi connectivity index (χ1n) is 11.7. The first-order valence-corrected chi connectivity index (χ1v) is 12.6. The Bertz CT molecular complexity index is 1120. The largest absolute Gasteiger partial charge is 0.488 e. The van der Waals surface area contributed by atoms with Crippen molar-refractivity contribution in [1.82, 2.24) is 4.98 Å². The second-order valence-corrected chi connectivity index (χ2v) is 9.78. The standard InChI is InChI=1S/C27H33N3O4S/c1-18(2)12-25(31)29-23-7-5-6-20(14-23)8-9-21-13-22(26(32)30-27-28-10-11-35-27)16-24(15-21)34-19(3)17-33-4/h5-7,10-11,13-16,18-19H,8-9,12,17H2,1-4H3,(H,29,31)(H,28,30,32)/t19-/m0/s1. The lowest BCUT2D eigenvalue weighted by Crippen LogP contribution is -2.19. The van der Waals surface area contributed by atoms with Crippen LogP contribution in [0.1, 0.15) is 48.7 Å². The van der Waals surface area contributed by atoms with Crippen LogP contribution in [0.15, 0.2) is 54.0 Å². The maximum atomic E-state index is 12.9. The van der Waals surface area contributed by atoms with Crippen molar-refractivity contribution in [1.29, 1.82) is 0 Å². The second kappa shape index (κ2) is 13.0. The first kappa shape index (κ1) is 26.4. The average Bonchev–Trinajstić information content (AvgIpc) is 3.30. The third kappa shape index (κ3) is 8.81. The molecule has 0 saturated heterocycles. The van der Waals surface area contributed by atoms with Crippen LogP contribution in [0.2, 0.25) is 0 Å². The molecule has 8 heteroatoms. The van der Waals surface area contributed by atoms with Crippen LogP contribution in [0, 0.1) is 5.92 Å². The Kier molecular flexibility index (Phi) is 9.81. The van der Waals surface area contributed by atoms with Gasteiger partial charge in [0, 0.05) is 36.4 Å². The van der Waals surface area contributed by atoms with Crippen LogP contribution >= 0.6 is 11.3 Å². The van der Waals surface area contributed by atoms with E-state index in [2.05, 4.69) is 15.6 Å². The van der Waals surface area contributed by atoms with E-state index in [0.29, 0.717) is 41.8 Å². The fraction of sp³-hybridized carbons (Fsp3) is 0.370. The summed E-state index contributed by atoms with van der Waals surface area (Å²) in [5.74, 6) is 0.705. The fourth-order valence-electron chi connectivity index (χ4n) is 3.64. The minimum atomic E-state index is -0.235. The molecule has 186 valence electrons. The van der Waals surface area contributed by atoms with Crippen molar-refractivity contribution in [3.8, 4) is 5.75 Å². The quantitative estimate of drug-likeness (QED) is 0.342. The number of amides is 2. The summed E-state index contributed by atoms with van der Waals surface area (Å²) in [7, 11) is 1.63. The fourth-order valence-corrected chi connectivity index (χ4v) is 4.16. The van der Waals surface area contributed by atoms with Gasteiger partial charge in [-0.1, -0.05) is 26.0 Å². The van der Waals surface area contributed by atoms with Crippen LogP contribution in [0.4, 0.5) is 10.8 Å². The van der Waals surface area contributed by atoms with E-state index in [-0.39, 0.29) is 17.9 Å². The van der Waals surface area contributed by atoms with E-state index in [0.717, 1.165) is 23.2 Å². The van der Waals surface area contributed by atoms with Crippen LogP contribution < -0.4 is 15.4 Å². The van der Waals surface area contributed by atoms with Crippen molar-refractivity contribution in [2.24, 2.45) is 5.92 Å². The zero-order valence-corrected chi connectivity index (χ0v) is 21.5. The molecule has 2 aromatic carbocycles. The molecule has 0 radical (unpaired) electrons. The Morgan fingerprint density at radius 1 is 1.03 bits per heavy atom. The molecule has 0 saturated carbocycles. The third-order valence-corrected chi connectivity index (χ3v) is 5.82. The van der Waals surface area contributed by atoms with Crippen molar-refractivity contribution in [3.05, 3.63) is 70.7 Å².